The van der Waals surface area contributed by atoms with Crippen LogP contribution < -0.4 is 4.90 Å². The molecular formula is C23H27N5O. The molecule has 6 nitrogen and oxygen atoms in total. The molecule has 0 radical (unpaired) electrons. The summed E-state index contributed by atoms with van der Waals surface area (Å²) in [7, 11) is 2.15. The van der Waals surface area contributed by atoms with E-state index in [2.05, 4.69) is 46.2 Å². The fraction of sp³-hybridized carbons (Fsp3) is 0.478. The number of likely N-dealkylation sites (tertiary alicyclic amines) is 1. The molecule has 2 aromatic heterocycles. The number of aryl methyl sites for hydroxylation is 2. The third-order valence-electron chi connectivity index (χ3n) is 7.48. The minimum atomic E-state index is -0.353. The molecule has 150 valence electrons. The fourth-order valence-electron chi connectivity index (χ4n) is 5.82. The molecule has 29 heavy (non-hydrogen) atoms. The Hall–Kier alpha value is -2.60. The van der Waals surface area contributed by atoms with Gasteiger partial charge in [0.15, 0.2) is 0 Å². The Bertz CT molecular complexity index is 1130. The third-order valence-corrected chi connectivity index (χ3v) is 7.48. The van der Waals surface area contributed by atoms with Crippen molar-refractivity contribution in [1.29, 1.82) is 0 Å². The number of rotatable bonds is 1. The average molecular weight is 390 g/mol. The Balaban J connectivity index is 1.58. The van der Waals surface area contributed by atoms with Gasteiger partial charge in [-0.2, -0.15) is 5.10 Å². The van der Waals surface area contributed by atoms with E-state index in [1.54, 1.807) is 0 Å². The van der Waals surface area contributed by atoms with E-state index < -0.39 is 0 Å². The van der Waals surface area contributed by atoms with Crippen LogP contribution in [-0.2, 0) is 23.1 Å². The second-order valence-corrected chi connectivity index (χ2v) is 8.95. The zero-order valence-electron chi connectivity index (χ0n) is 17.1. The van der Waals surface area contributed by atoms with Crippen molar-refractivity contribution in [2.75, 3.05) is 31.6 Å². The summed E-state index contributed by atoms with van der Waals surface area (Å²) in [5.74, 6) is 0.303. The van der Waals surface area contributed by atoms with Crippen LogP contribution in [0.15, 0.2) is 18.3 Å². The van der Waals surface area contributed by atoms with Crippen LogP contribution in [-0.4, -0.2) is 52.7 Å². The van der Waals surface area contributed by atoms with Gasteiger partial charge in [0.2, 0.25) is 5.91 Å². The van der Waals surface area contributed by atoms with Crippen LogP contribution in [0.4, 0.5) is 5.69 Å². The molecule has 6 heteroatoms. The molecule has 3 aromatic rings. The lowest BCUT2D eigenvalue weighted by Gasteiger charge is -2.36. The standard InChI is InChI=1S/C23H27N5O/c1-3-28-19-11-16-15-6-4-5-14-13-24-26-20(14)21(15)25-18(16)12-17(19)23(22(28)29)7-9-27(2)10-8-23/h11-13,25H,3-10H2,1-2H3,(H,24,26). The van der Waals surface area contributed by atoms with Crippen LogP contribution in [0.5, 0.6) is 0 Å². The number of fused-ring (bicyclic) bond motifs is 7. The van der Waals surface area contributed by atoms with Crippen LogP contribution >= 0.6 is 0 Å². The first kappa shape index (κ1) is 17.3. The maximum absolute atomic E-state index is 13.5. The number of hydrogen-bond donors (Lipinski definition) is 2. The maximum Gasteiger partial charge on any atom is 0.237 e. The van der Waals surface area contributed by atoms with E-state index in [-0.39, 0.29) is 5.41 Å². The third kappa shape index (κ3) is 2.21. The van der Waals surface area contributed by atoms with Crippen molar-refractivity contribution < 1.29 is 4.79 Å². The van der Waals surface area contributed by atoms with Crippen molar-refractivity contribution in [2.24, 2.45) is 0 Å². The molecule has 1 saturated heterocycles. The largest absolute Gasteiger partial charge is 0.353 e. The van der Waals surface area contributed by atoms with E-state index >= 15 is 0 Å². The Morgan fingerprint density at radius 3 is 2.79 bits per heavy atom. The van der Waals surface area contributed by atoms with Crippen LogP contribution in [0.3, 0.4) is 0 Å². The molecule has 1 aliphatic carbocycles. The first-order valence-corrected chi connectivity index (χ1v) is 10.8. The van der Waals surface area contributed by atoms with E-state index in [4.69, 9.17) is 0 Å². The predicted molar refractivity (Wildman–Crippen MR) is 114 cm³/mol. The average Bonchev–Trinajstić information content (AvgIpc) is 3.35. The summed E-state index contributed by atoms with van der Waals surface area (Å²) in [5, 5.41) is 8.76. The molecule has 1 spiro atoms. The number of amides is 1. The molecular weight excluding hydrogens is 362 g/mol. The highest BCUT2D eigenvalue weighted by Crippen LogP contribution is 2.50. The zero-order chi connectivity index (χ0) is 19.8. The maximum atomic E-state index is 13.5. The number of carbonyl (C=O) groups excluding carboxylic acids is 1. The van der Waals surface area contributed by atoms with Gasteiger partial charge >= 0.3 is 0 Å². The number of aromatic amines is 2. The van der Waals surface area contributed by atoms with Crippen molar-refractivity contribution in [3.63, 3.8) is 0 Å². The van der Waals surface area contributed by atoms with Crippen molar-refractivity contribution in [1.82, 2.24) is 20.1 Å². The van der Waals surface area contributed by atoms with Gasteiger partial charge in [-0.15, -0.1) is 0 Å². The van der Waals surface area contributed by atoms with Gasteiger partial charge in [-0.05, 0) is 88.0 Å². The Morgan fingerprint density at radius 1 is 1.17 bits per heavy atom. The summed E-state index contributed by atoms with van der Waals surface area (Å²) in [6, 6.07) is 4.57. The molecule has 1 aromatic carbocycles. The lowest BCUT2D eigenvalue weighted by molar-refractivity contribution is -0.124. The summed E-state index contributed by atoms with van der Waals surface area (Å²) in [4.78, 5) is 21.6. The molecule has 2 aliphatic heterocycles. The second kappa shape index (κ2) is 5.95. The number of hydrogen-bond acceptors (Lipinski definition) is 3. The van der Waals surface area contributed by atoms with Crippen molar-refractivity contribution in [3.8, 4) is 11.4 Å². The van der Waals surface area contributed by atoms with Gasteiger partial charge < -0.3 is 14.8 Å². The van der Waals surface area contributed by atoms with Gasteiger partial charge in [-0.1, -0.05) is 0 Å². The van der Waals surface area contributed by atoms with Crippen LogP contribution in [0.1, 0.15) is 42.9 Å². The summed E-state index contributed by atoms with van der Waals surface area (Å²) in [6.07, 6.45) is 6.99. The molecule has 4 heterocycles. The number of likely N-dealkylation sites (N-methyl/N-ethyl adjacent to an activating group) is 1. The number of aromatic nitrogens is 3. The number of piperidine rings is 1. The highest BCUT2D eigenvalue weighted by atomic mass is 16.2. The van der Waals surface area contributed by atoms with Gasteiger partial charge in [0.05, 0.1) is 23.0 Å². The quantitative estimate of drug-likeness (QED) is 0.670. The minimum absolute atomic E-state index is 0.303. The summed E-state index contributed by atoms with van der Waals surface area (Å²) < 4.78 is 0. The lowest BCUT2D eigenvalue weighted by Crippen LogP contribution is -2.47. The molecule has 3 aliphatic rings. The Labute approximate surface area is 170 Å². The molecule has 1 fully saturated rings. The van der Waals surface area contributed by atoms with Gasteiger partial charge in [0, 0.05) is 23.1 Å². The van der Waals surface area contributed by atoms with Crippen molar-refractivity contribution in [3.05, 3.63) is 35.0 Å². The topological polar surface area (TPSA) is 68.0 Å². The minimum Gasteiger partial charge on any atom is -0.353 e. The number of H-pyrrole nitrogens is 2. The number of nitrogens with one attached hydrogen (secondary N) is 2. The van der Waals surface area contributed by atoms with Crippen LogP contribution in [0, 0.1) is 0 Å². The highest BCUT2D eigenvalue weighted by Gasteiger charge is 2.51. The first-order chi connectivity index (χ1) is 14.1. The van der Waals surface area contributed by atoms with E-state index in [0.29, 0.717) is 5.91 Å². The molecule has 6 rings (SSSR count). The van der Waals surface area contributed by atoms with Gasteiger partial charge in [0.1, 0.15) is 0 Å². The van der Waals surface area contributed by atoms with E-state index in [1.807, 2.05) is 11.1 Å². The molecule has 0 bridgehead atoms. The highest BCUT2D eigenvalue weighted by molar-refractivity contribution is 6.11. The van der Waals surface area contributed by atoms with Crippen LogP contribution in [0.2, 0.25) is 0 Å². The molecule has 0 atom stereocenters. The lowest BCUT2D eigenvalue weighted by atomic mass is 9.73. The first-order valence-electron chi connectivity index (χ1n) is 10.8. The number of benzene rings is 1. The van der Waals surface area contributed by atoms with E-state index in [9.17, 15) is 4.79 Å². The molecule has 2 N–H and O–H groups in total. The summed E-state index contributed by atoms with van der Waals surface area (Å²) >= 11 is 0. The summed E-state index contributed by atoms with van der Waals surface area (Å²) in [6.45, 7) is 4.76. The monoisotopic (exact) mass is 389 g/mol. The van der Waals surface area contributed by atoms with Crippen LogP contribution in [0.25, 0.3) is 22.3 Å². The number of carbonyl (C=O) groups is 1. The van der Waals surface area contributed by atoms with Crippen molar-refractivity contribution >= 4 is 22.5 Å². The molecule has 0 saturated carbocycles. The SMILES string of the molecule is CCN1C(=O)C2(CCN(C)CC2)c2cc3[nH]c4c(c3cc21)CCCc1cn[nH]c1-4. The number of anilines is 1. The molecule has 1 amide bonds. The number of nitrogens with zero attached hydrogens (tertiary/aromatic N) is 3. The second-order valence-electron chi connectivity index (χ2n) is 8.95. The predicted octanol–water partition coefficient (Wildman–Crippen LogP) is 3.38. The Morgan fingerprint density at radius 2 is 2.00 bits per heavy atom. The zero-order valence-corrected chi connectivity index (χ0v) is 17.1. The van der Waals surface area contributed by atoms with Gasteiger partial charge in [-0.25, -0.2) is 0 Å². The fourth-order valence-corrected chi connectivity index (χ4v) is 5.82. The normalized spacial score (nSPS) is 20.8. The van der Waals surface area contributed by atoms with Gasteiger partial charge in [0.25, 0.3) is 0 Å². The smallest absolute Gasteiger partial charge is 0.237 e. The van der Waals surface area contributed by atoms with E-state index in [0.717, 1.165) is 68.6 Å². The van der Waals surface area contributed by atoms with Gasteiger partial charge in [-0.3, -0.25) is 9.89 Å². The Kier molecular flexibility index (Phi) is 3.55. The van der Waals surface area contributed by atoms with Crippen molar-refractivity contribution in [2.45, 2.75) is 44.4 Å². The van der Waals surface area contributed by atoms with E-state index in [1.165, 1.54) is 27.8 Å². The molecule has 0 unspecified atom stereocenters. The summed E-state index contributed by atoms with van der Waals surface area (Å²) in [5.41, 5.74) is 8.12.